The first-order valence-corrected chi connectivity index (χ1v) is 6.34. The van der Waals surface area contributed by atoms with Crippen molar-refractivity contribution in [3.63, 3.8) is 0 Å². The summed E-state index contributed by atoms with van der Waals surface area (Å²) in [6.45, 7) is 0.873. The Hall–Kier alpha value is -2.24. The zero-order chi connectivity index (χ0) is 14.4. The Bertz CT molecular complexity index is 572. The van der Waals surface area contributed by atoms with Gasteiger partial charge in [-0.2, -0.15) is 0 Å². The molecule has 0 saturated heterocycles. The highest BCUT2D eigenvalue weighted by atomic mass is 16.6. The average Bonchev–Trinajstić information content (AvgIpc) is 2.48. The molecular formula is C15H16N2O3. The largest absolute Gasteiger partial charge is 0.387 e. The lowest BCUT2D eigenvalue weighted by Crippen LogP contribution is -2.21. The molecule has 2 rings (SSSR count). The zero-order valence-corrected chi connectivity index (χ0v) is 10.9. The minimum absolute atomic E-state index is 0.0768. The maximum absolute atomic E-state index is 10.7. The molecule has 104 valence electrons. The smallest absolute Gasteiger partial charge is 0.269 e. The molecule has 0 bridgehead atoms. The second-order valence-electron chi connectivity index (χ2n) is 4.48. The molecule has 0 aliphatic carbocycles. The molecule has 20 heavy (non-hydrogen) atoms. The van der Waals surface area contributed by atoms with E-state index in [1.54, 1.807) is 6.07 Å². The van der Waals surface area contributed by atoms with Crippen LogP contribution in [0.15, 0.2) is 54.6 Å². The quantitative estimate of drug-likeness (QED) is 0.625. The van der Waals surface area contributed by atoms with Crippen LogP contribution in [-0.4, -0.2) is 16.6 Å². The predicted molar refractivity (Wildman–Crippen MR) is 76.2 cm³/mol. The Balaban J connectivity index is 1.87. The number of aliphatic hydroxyl groups is 1. The number of hydrogen-bond donors (Lipinski definition) is 2. The Morgan fingerprint density at radius 1 is 1.15 bits per heavy atom. The Kier molecular flexibility index (Phi) is 4.81. The van der Waals surface area contributed by atoms with Crippen LogP contribution in [0, 0.1) is 10.1 Å². The molecule has 0 aromatic heterocycles. The molecule has 0 amide bonds. The maximum Gasteiger partial charge on any atom is 0.269 e. The summed E-state index contributed by atoms with van der Waals surface area (Å²) in [5, 5.41) is 23.7. The van der Waals surface area contributed by atoms with E-state index in [1.165, 1.54) is 12.1 Å². The summed E-state index contributed by atoms with van der Waals surface area (Å²) in [5.74, 6) is 0. The lowest BCUT2D eigenvalue weighted by atomic mass is 10.1. The van der Waals surface area contributed by atoms with E-state index in [9.17, 15) is 15.2 Å². The number of non-ortho nitro benzene ring substituents is 1. The first kappa shape index (κ1) is 14.2. The van der Waals surface area contributed by atoms with Gasteiger partial charge >= 0.3 is 0 Å². The van der Waals surface area contributed by atoms with Crippen LogP contribution in [0.2, 0.25) is 0 Å². The second-order valence-corrected chi connectivity index (χ2v) is 4.48. The summed E-state index contributed by atoms with van der Waals surface area (Å²) >= 11 is 0. The van der Waals surface area contributed by atoms with E-state index in [0.717, 1.165) is 11.1 Å². The SMILES string of the molecule is O=[N+]([O-])c1cccc(CNCC(O)c2ccccc2)c1. The van der Waals surface area contributed by atoms with Gasteiger partial charge in [-0.3, -0.25) is 10.1 Å². The molecule has 0 aliphatic rings. The normalized spacial score (nSPS) is 12.1. The van der Waals surface area contributed by atoms with Crippen molar-refractivity contribution in [3.05, 3.63) is 75.8 Å². The van der Waals surface area contributed by atoms with E-state index >= 15 is 0 Å². The maximum atomic E-state index is 10.7. The predicted octanol–water partition coefficient (Wildman–Crippen LogP) is 2.42. The molecule has 5 nitrogen and oxygen atoms in total. The summed E-state index contributed by atoms with van der Waals surface area (Å²) in [4.78, 5) is 10.3. The number of hydrogen-bond acceptors (Lipinski definition) is 4. The van der Waals surface area contributed by atoms with Crippen LogP contribution in [0.25, 0.3) is 0 Å². The molecule has 0 spiro atoms. The summed E-state index contributed by atoms with van der Waals surface area (Å²) < 4.78 is 0. The Morgan fingerprint density at radius 3 is 2.60 bits per heavy atom. The van der Waals surface area contributed by atoms with E-state index in [4.69, 9.17) is 0 Å². The third kappa shape index (κ3) is 3.88. The van der Waals surface area contributed by atoms with Gasteiger partial charge in [-0.05, 0) is 11.1 Å². The van der Waals surface area contributed by atoms with Crippen LogP contribution in [0.5, 0.6) is 0 Å². The van der Waals surface area contributed by atoms with E-state index < -0.39 is 11.0 Å². The van der Waals surface area contributed by atoms with Crippen LogP contribution < -0.4 is 5.32 Å². The van der Waals surface area contributed by atoms with Crippen molar-refractivity contribution in [2.75, 3.05) is 6.54 Å². The highest BCUT2D eigenvalue weighted by Gasteiger charge is 2.08. The molecule has 2 aromatic carbocycles. The van der Waals surface area contributed by atoms with Gasteiger partial charge in [0.2, 0.25) is 0 Å². The fourth-order valence-corrected chi connectivity index (χ4v) is 1.93. The Morgan fingerprint density at radius 2 is 1.90 bits per heavy atom. The van der Waals surface area contributed by atoms with Crippen molar-refractivity contribution < 1.29 is 10.0 Å². The van der Waals surface area contributed by atoms with Gasteiger partial charge in [0.25, 0.3) is 5.69 Å². The molecule has 0 saturated carbocycles. The zero-order valence-electron chi connectivity index (χ0n) is 10.9. The fraction of sp³-hybridized carbons (Fsp3) is 0.200. The van der Waals surface area contributed by atoms with Crippen LogP contribution in [0.1, 0.15) is 17.2 Å². The van der Waals surface area contributed by atoms with Crippen molar-refractivity contribution >= 4 is 5.69 Å². The van der Waals surface area contributed by atoms with Crippen LogP contribution in [0.4, 0.5) is 5.69 Å². The molecule has 0 aliphatic heterocycles. The van der Waals surface area contributed by atoms with Crippen molar-refractivity contribution in [1.29, 1.82) is 0 Å². The molecule has 1 unspecified atom stereocenters. The molecule has 2 aromatic rings. The number of aliphatic hydroxyl groups excluding tert-OH is 1. The number of nitro groups is 1. The highest BCUT2D eigenvalue weighted by Crippen LogP contribution is 2.14. The standard InChI is InChI=1S/C15H16N2O3/c18-15(13-6-2-1-3-7-13)11-16-10-12-5-4-8-14(9-12)17(19)20/h1-9,15-16,18H,10-11H2. The number of nitrogens with one attached hydrogen (secondary N) is 1. The average molecular weight is 272 g/mol. The van der Waals surface area contributed by atoms with Gasteiger partial charge in [0.05, 0.1) is 11.0 Å². The monoisotopic (exact) mass is 272 g/mol. The van der Waals surface area contributed by atoms with Crippen LogP contribution in [0.3, 0.4) is 0 Å². The van der Waals surface area contributed by atoms with Crippen molar-refractivity contribution in [2.24, 2.45) is 0 Å². The summed E-state index contributed by atoms with van der Waals surface area (Å²) in [6.07, 6.45) is -0.588. The highest BCUT2D eigenvalue weighted by molar-refractivity contribution is 5.34. The number of benzene rings is 2. The minimum atomic E-state index is -0.588. The summed E-state index contributed by atoms with van der Waals surface area (Å²) in [5.41, 5.74) is 1.74. The fourth-order valence-electron chi connectivity index (χ4n) is 1.93. The molecule has 5 heteroatoms. The molecule has 2 N–H and O–H groups in total. The van der Waals surface area contributed by atoms with Crippen LogP contribution in [-0.2, 0) is 6.54 Å². The van der Waals surface area contributed by atoms with Crippen molar-refractivity contribution in [3.8, 4) is 0 Å². The Labute approximate surface area is 117 Å². The summed E-state index contributed by atoms with van der Waals surface area (Å²) in [6, 6.07) is 15.8. The lowest BCUT2D eigenvalue weighted by molar-refractivity contribution is -0.384. The van der Waals surface area contributed by atoms with E-state index in [-0.39, 0.29) is 5.69 Å². The first-order valence-electron chi connectivity index (χ1n) is 6.34. The van der Waals surface area contributed by atoms with Gasteiger partial charge in [0.15, 0.2) is 0 Å². The van der Waals surface area contributed by atoms with E-state index in [2.05, 4.69) is 5.32 Å². The molecule has 1 atom stereocenters. The topological polar surface area (TPSA) is 75.4 Å². The molecule has 0 fully saturated rings. The van der Waals surface area contributed by atoms with Gasteiger partial charge in [-0.1, -0.05) is 42.5 Å². The van der Waals surface area contributed by atoms with Gasteiger partial charge in [0, 0.05) is 25.2 Å². The van der Waals surface area contributed by atoms with Crippen molar-refractivity contribution in [2.45, 2.75) is 12.6 Å². The van der Waals surface area contributed by atoms with Crippen LogP contribution >= 0.6 is 0 Å². The lowest BCUT2D eigenvalue weighted by Gasteiger charge is -2.12. The number of rotatable bonds is 6. The number of nitro benzene ring substituents is 1. The summed E-state index contributed by atoms with van der Waals surface area (Å²) in [7, 11) is 0. The minimum Gasteiger partial charge on any atom is -0.387 e. The number of nitrogens with zero attached hydrogens (tertiary/aromatic N) is 1. The van der Waals surface area contributed by atoms with Gasteiger partial charge in [-0.25, -0.2) is 0 Å². The third-order valence-electron chi connectivity index (χ3n) is 2.97. The van der Waals surface area contributed by atoms with Gasteiger partial charge < -0.3 is 10.4 Å². The van der Waals surface area contributed by atoms with E-state index in [0.29, 0.717) is 13.1 Å². The van der Waals surface area contributed by atoms with E-state index in [1.807, 2.05) is 36.4 Å². The van der Waals surface area contributed by atoms with Gasteiger partial charge in [-0.15, -0.1) is 0 Å². The second kappa shape index (κ2) is 6.79. The molecule has 0 radical (unpaired) electrons. The molecule has 0 heterocycles. The first-order chi connectivity index (χ1) is 9.66. The third-order valence-corrected chi connectivity index (χ3v) is 2.97. The van der Waals surface area contributed by atoms with Gasteiger partial charge in [0.1, 0.15) is 0 Å². The molecular weight excluding hydrogens is 256 g/mol. The van der Waals surface area contributed by atoms with Crippen molar-refractivity contribution in [1.82, 2.24) is 5.32 Å².